The summed E-state index contributed by atoms with van der Waals surface area (Å²) >= 11 is 0. The Morgan fingerprint density at radius 2 is 2.07 bits per heavy atom. The molecule has 1 aromatic rings. The zero-order valence-corrected chi connectivity index (χ0v) is 8.26. The third-order valence-electron chi connectivity index (χ3n) is 1.88. The normalized spacial score (nSPS) is 11.1. The minimum absolute atomic E-state index is 0.208. The Morgan fingerprint density at radius 3 is 2.64 bits per heavy atom. The van der Waals surface area contributed by atoms with Crippen LogP contribution in [0.15, 0.2) is 43.1 Å². The van der Waals surface area contributed by atoms with Crippen molar-refractivity contribution in [3.63, 3.8) is 0 Å². The molecule has 0 saturated carbocycles. The topological polar surface area (TPSA) is 12.0 Å². The summed E-state index contributed by atoms with van der Waals surface area (Å²) in [5.74, 6) is -0.208. The fourth-order valence-electron chi connectivity index (χ4n) is 1.09. The van der Waals surface area contributed by atoms with Gasteiger partial charge in [0.2, 0.25) is 0 Å². The van der Waals surface area contributed by atoms with Gasteiger partial charge in [-0.15, -0.1) is 6.58 Å². The van der Waals surface area contributed by atoms with Crippen LogP contribution in [0.3, 0.4) is 0 Å². The monoisotopic (exact) mass is 191 g/mol. The molecule has 1 rings (SSSR count). The van der Waals surface area contributed by atoms with Crippen molar-refractivity contribution in [3.05, 3.63) is 54.5 Å². The minimum atomic E-state index is -0.208. The van der Waals surface area contributed by atoms with E-state index in [0.29, 0.717) is 0 Å². The molecular weight excluding hydrogens is 177 g/mol. The Labute approximate surface area is 84.0 Å². The van der Waals surface area contributed by atoms with Crippen LogP contribution in [0.25, 0.3) is 5.57 Å². The molecule has 0 aromatic heterocycles. The van der Waals surface area contributed by atoms with Gasteiger partial charge < -0.3 is 5.32 Å². The van der Waals surface area contributed by atoms with Crippen LogP contribution in [-0.4, -0.2) is 6.54 Å². The molecule has 2 heteroatoms. The first-order valence-corrected chi connectivity index (χ1v) is 4.51. The average molecular weight is 191 g/mol. The van der Waals surface area contributed by atoms with Gasteiger partial charge in [-0.2, -0.15) is 0 Å². The van der Waals surface area contributed by atoms with E-state index in [4.69, 9.17) is 0 Å². The lowest BCUT2D eigenvalue weighted by molar-refractivity contribution is 0.627. The molecule has 0 aliphatic heterocycles. The number of benzene rings is 1. The van der Waals surface area contributed by atoms with E-state index in [0.717, 1.165) is 17.7 Å². The molecule has 0 unspecified atom stereocenters. The molecule has 0 saturated heterocycles. The lowest BCUT2D eigenvalue weighted by atomic mass is 10.1. The van der Waals surface area contributed by atoms with Crippen LogP contribution in [0.1, 0.15) is 12.5 Å². The second kappa shape index (κ2) is 5.22. The van der Waals surface area contributed by atoms with Crippen molar-refractivity contribution in [2.45, 2.75) is 6.92 Å². The molecule has 1 nitrogen and oxygen atoms in total. The van der Waals surface area contributed by atoms with Crippen LogP contribution in [0.5, 0.6) is 0 Å². The molecule has 74 valence electrons. The second-order valence-corrected chi connectivity index (χ2v) is 3.03. The highest BCUT2D eigenvalue weighted by Crippen LogP contribution is 2.12. The predicted molar refractivity (Wildman–Crippen MR) is 58.3 cm³/mol. The lowest BCUT2D eigenvalue weighted by Gasteiger charge is -2.02. The molecule has 14 heavy (non-hydrogen) atoms. The van der Waals surface area contributed by atoms with Crippen molar-refractivity contribution in [1.82, 2.24) is 5.32 Å². The summed E-state index contributed by atoms with van der Waals surface area (Å²) in [6, 6.07) is 6.44. The molecule has 0 amide bonds. The zero-order chi connectivity index (χ0) is 10.4. The number of halogens is 1. The standard InChI is InChI=1S/C12H14FN/c1-3-8-14-9-10(2)11-4-6-12(13)7-5-11/h3-7,9,14H,1,8H2,2H3/b10-9-. The third-order valence-corrected chi connectivity index (χ3v) is 1.88. The summed E-state index contributed by atoms with van der Waals surface area (Å²) in [7, 11) is 0. The van der Waals surface area contributed by atoms with Crippen LogP contribution in [-0.2, 0) is 0 Å². The van der Waals surface area contributed by atoms with Gasteiger partial charge in [0, 0.05) is 12.7 Å². The molecule has 0 heterocycles. The summed E-state index contributed by atoms with van der Waals surface area (Å²) in [6.45, 7) is 6.31. The first-order valence-electron chi connectivity index (χ1n) is 4.51. The number of allylic oxidation sites excluding steroid dienone is 1. The van der Waals surface area contributed by atoms with Gasteiger partial charge in [-0.05, 0) is 30.2 Å². The second-order valence-electron chi connectivity index (χ2n) is 3.03. The maximum absolute atomic E-state index is 12.6. The highest BCUT2D eigenvalue weighted by Gasteiger charge is 1.94. The van der Waals surface area contributed by atoms with Crippen molar-refractivity contribution in [1.29, 1.82) is 0 Å². The van der Waals surface area contributed by atoms with Gasteiger partial charge in [-0.3, -0.25) is 0 Å². The quantitative estimate of drug-likeness (QED) is 0.570. The Balaban J connectivity index is 2.68. The van der Waals surface area contributed by atoms with Crippen LogP contribution in [0.2, 0.25) is 0 Å². The Morgan fingerprint density at radius 1 is 1.43 bits per heavy atom. The molecule has 0 aliphatic carbocycles. The lowest BCUT2D eigenvalue weighted by Crippen LogP contribution is -2.04. The number of rotatable bonds is 4. The maximum Gasteiger partial charge on any atom is 0.123 e. The number of nitrogens with one attached hydrogen (secondary N) is 1. The van der Waals surface area contributed by atoms with Crippen molar-refractivity contribution in [2.24, 2.45) is 0 Å². The van der Waals surface area contributed by atoms with E-state index in [1.807, 2.05) is 13.1 Å². The maximum atomic E-state index is 12.6. The van der Waals surface area contributed by atoms with Crippen molar-refractivity contribution >= 4 is 5.57 Å². The Bertz CT molecular complexity index is 325. The Hall–Kier alpha value is -1.57. The predicted octanol–water partition coefficient (Wildman–Crippen LogP) is 2.96. The number of hydrogen-bond donors (Lipinski definition) is 1. The fourth-order valence-corrected chi connectivity index (χ4v) is 1.09. The van der Waals surface area contributed by atoms with E-state index in [1.165, 1.54) is 12.1 Å². The van der Waals surface area contributed by atoms with Crippen LogP contribution in [0, 0.1) is 5.82 Å². The summed E-state index contributed by atoms with van der Waals surface area (Å²) in [6.07, 6.45) is 3.68. The molecule has 0 atom stereocenters. The molecule has 1 N–H and O–H groups in total. The Kier molecular flexibility index (Phi) is 3.92. The smallest absolute Gasteiger partial charge is 0.123 e. The molecule has 0 radical (unpaired) electrons. The summed E-state index contributed by atoms with van der Waals surface area (Å²) < 4.78 is 12.6. The molecule has 0 bridgehead atoms. The van der Waals surface area contributed by atoms with Gasteiger partial charge in [0.05, 0.1) is 0 Å². The van der Waals surface area contributed by atoms with Crippen LogP contribution in [0.4, 0.5) is 4.39 Å². The highest BCUT2D eigenvalue weighted by atomic mass is 19.1. The van der Waals surface area contributed by atoms with Gasteiger partial charge in [0.25, 0.3) is 0 Å². The van der Waals surface area contributed by atoms with E-state index in [2.05, 4.69) is 11.9 Å². The van der Waals surface area contributed by atoms with E-state index in [9.17, 15) is 4.39 Å². The summed E-state index contributed by atoms with van der Waals surface area (Å²) in [5, 5.41) is 3.07. The van der Waals surface area contributed by atoms with E-state index < -0.39 is 0 Å². The van der Waals surface area contributed by atoms with Crippen LogP contribution < -0.4 is 5.32 Å². The number of hydrogen-bond acceptors (Lipinski definition) is 1. The zero-order valence-electron chi connectivity index (χ0n) is 8.26. The first kappa shape index (κ1) is 10.5. The van der Waals surface area contributed by atoms with Gasteiger partial charge in [0.1, 0.15) is 5.82 Å². The van der Waals surface area contributed by atoms with Gasteiger partial charge in [-0.25, -0.2) is 4.39 Å². The molecule has 0 fully saturated rings. The third kappa shape index (κ3) is 3.05. The first-order chi connectivity index (χ1) is 6.74. The molecular formula is C12H14FN. The van der Waals surface area contributed by atoms with Crippen molar-refractivity contribution in [2.75, 3.05) is 6.54 Å². The SMILES string of the molecule is C=CCN/C=C(/C)c1ccc(F)cc1. The van der Waals surface area contributed by atoms with Gasteiger partial charge >= 0.3 is 0 Å². The van der Waals surface area contributed by atoms with Gasteiger partial charge in [0.15, 0.2) is 0 Å². The summed E-state index contributed by atoms with van der Waals surface area (Å²) in [5.41, 5.74) is 2.09. The highest BCUT2D eigenvalue weighted by molar-refractivity contribution is 5.63. The fraction of sp³-hybridized carbons (Fsp3) is 0.167. The van der Waals surface area contributed by atoms with E-state index >= 15 is 0 Å². The molecule has 1 aromatic carbocycles. The van der Waals surface area contributed by atoms with E-state index in [-0.39, 0.29) is 5.82 Å². The van der Waals surface area contributed by atoms with Crippen molar-refractivity contribution in [3.8, 4) is 0 Å². The summed E-state index contributed by atoms with van der Waals surface area (Å²) in [4.78, 5) is 0. The van der Waals surface area contributed by atoms with E-state index in [1.54, 1.807) is 18.2 Å². The largest absolute Gasteiger partial charge is 0.387 e. The average Bonchev–Trinajstić information content (AvgIpc) is 2.19. The molecule has 0 aliphatic rings. The minimum Gasteiger partial charge on any atom is -0.387 e. The molecule has 0 spiro atoms. The van der Waals surface area contributed by atoms with Crippen molar-refractivity contribution < 1.29 is 4.39 Å². The van der Waals surface area contributed by atoms with Crippen LogP contribution >= 0.6 is 0 Å². The van der Waals surface area contributed by atoms with Gasteiger partial charge in [-0.1, -0.05) is 18.2 Å².